The number of nitro groups is 1. The van der Waals surface area contributed by atoms with E-state index in [0.717, 1.165) is 24.2 Å². The monoisotopic (exact) mass is 293 g/mol. The zero-order chi connectivity index (χ0) is 14.5. The van der Waals surface area contributed by atoms with Crippen molar-refractivity contribution in [2.45, 2.75) is 26.3 Å². The van der Waals surface area contributed by atoms with Gasteiger partial charge in [0.1, 0.15) is 0 Å². The van der Waals surface area contributed by atoms with Crippen LogP contribution in [-0.2, 0) is 13.0 Å². The van der Waals surface area contributed by atoms with Crippen molar-refractivity contribution in [3.8, 4) is 0 Å². The maximum atomic E-state index is 10.6. The van der Waals surface area contributed by atoms with Gasteiger partial charge in [0.15, 0.2) is 5.82 Å². The molecule has 0 aliphatic carbocycles. The largest absolute Gasteiger partial charge is 0.318 e. The van der Waals surface area contributed by atoms with Crippen LogP contribution in [0.4, 0.5) is 5.69 Å². The zero-order valence-corrected chi connectivity index (χ0v) is 11.8. The molecule has 0 atom stereocenters. The fraction of sp³-hybridized carbons (Fsp3) is 0.333. The molecule has 20 heavy (non-hydrogen) atoms. The summed E-state index contributed by atoms with van der Waals surface area (Å²) in [6.07, 6.45) is 1.79. The van der Waals surface area contributed by atoms with Crippen LogP contribution in [0.15, 0.2) is 24.3 Å². The van der Waals surface area contributed by atoms with Crippen molar-refractivity contribution in [3.63, 3.8) is 0 Å². The summed E-state index contributed by atoms with van der Waals surface area (Å²) in [5.41, 5.74) is 4.18. The molecule has 106 valence electrons. The van der Waals surface area contributed by atoms with Gasteiger partial charge >= 0.3 is 0 Å². The zero-order valence-electron chi connectivity index (χ0n) is 11.0. The number of nitrogens with zero attached hydrogens (tertiary/aromatic N) is 3. The molecule has 2 rings (SSSR count). The highest BCUT2D eigenvalue weighted by atomic mass is 32.1. The highest BCUT2D eigenvalue weighted by molar-refractivity contribution is 7.71. The molecule has 1 heterocycles. The predicted octanol–water partition coefficient (Wildman–Crippen LogP) is 2.55. The summed E-state index contributed by atoms with van der Waals surface area (Å²) in [6.45, 7) is 2.58. The molecule has 0 amide bonds. The highest BCUT2D eigenvalue weighted by Gasteiger charge is 2.06. The number of aryl methyl sites for hydroxylation is 1. The molecule has 7 nitrogen and oxygen atoms in total. The first-order valence-electron chi connectivity index (χ1n) is 6.25. The van der Waals surface area contributed by atoms with Crippen LogP contribution in [0.1, 0.15) is 24.7 Å². The molecule has 1 aromatic heterocycles. The van der Waals surface area contributed by atoms with Gasteiger partial charge in [0.25, 0.3) is 5.69 Å². The number of aromatic amines is 1. The summed E-state index contributed by atoms with van der Waals surface area (Å²) in [5, 5.41) is 17.5. The van der Waals surface area contributed by atoms with Crippen molar-refractivity contribution >= 4 is 17.9 Å². The van der Waals surface area contributed by atoms with E-state index < -0.39 is 4.92 Å². The Labute approximate surface area is 120 Å². The Balaban J connectivity index is 2.07. The molecule has 2 N–H and O–H groups in total. The number of hydrogen-bond acceptors (Lipinski definition) is 5. The third-order valence-electron chi connectivity index (χ3n) is 2.80. The second kappa shape index (κ2) is 6.29. The van der Waals surface area contributed by atoms with Crippen LogP contribution in [0.25, 0.3) is 0 Å². The van der Waals surface area contributed by atoms with E-state index in [4.69, 9.17) is 12.2 Å². The van der Waals surface area contributed by atoms with E-state index in [1.165, 1.54) is 12.1 Å². The van der Waals surface area contributed by atoms with Gasteiger partial charge in [-0.3, -0.25) is 15.2 Å². The number of aromatic nitrogens is 3. The number of nitrogens with one attached hydrogen (secondary N) is 2. The SMILES string of the molecule is CCCc1n[nH]c(=S)n1NCc1ccc([N+](=O)[O-])cc1. The van der Waals surface area contributed by atoms with E-state index >= 15 is 0 Å². The molecule has 0 saturated heterocycles. The van der Waals surface area contributed by atoms with Crippen molar-refractivity contribution in [1.82, 2.24) is 14.9 Å². The van der Waals surface area contributed by atoms with Gasteiger partial charge in [-0.25, -0.2) is 4.68 Å². The number of benzene rings is 1. The molecule has 0 saturated carbocycles. The van der Waals surface area contributed by atoms with Crippen molar-refractivity contribution in [2.24, 2.45) is 0 Å². The Morgan fingerprint density at radius 3 is 2.75 bits per heavy atom. The Bertz CT molecular complexity index is 647. The first kappa shape index (κ1) is 14.2. The lowest BCUT2D eigenvalue weighted by Gasteiger charge is -2.09. The van der Waals surface area contributed by atoms with Crippen LogP contribution in [0, 0.1) is 14.9 Å². The van der Waals surface area contributed by atoms with Crippen molar-refractivity contribution in [3.05, 3.63) is 50.5 Å². The summed E-state index contributed by atoms with van der Waals surface area (Å²) in [4.78, 5) is 10.2. The highest BCUT2D eigenvalue weighted by Crippen LogP contribution is 2.12. The molecule has 1 aromatic carbocycles. The Morgan fingerprint density at radius 1 is 1.45 bits per heavy atom. The molecular weight excluding hydrogens is 278 g/mol. The number of nitro benzene ring substituents is 1. The van der Waals surface area contributed by atoms with Crippen LogP contribution in [0.5, 0.6) is 0 Å². The van der Waals surface area contributed by atoms with Gasteiger partial charge in [0.05, 0.1) is 11.5 Å². The standard InChI is InChI=1S/C12H15N5O2S/c1-2-3-11-14-15-12(20)16(11)13-8-9-4-6-10(7-5-9)17(18)19/h4-7,13H,2-3,8H2,1H3,(H,15,20). The number of rotatable bonds is 6. The van der Waals surface area contributed by atoms with E-state index in [0.29, 0.717) is 11.3 Å². The fourth-order valence-corrected chi connectivity index (χ4v) is 2.01. The normalized spacial score (nSPS) is 10.4. The maximum Gasteiger partial charge on any atom is 0.269 e. The van der Waals surface area contributed by atoms with Crippen LogP contribution >= 0.6 is 12.2 Å². The van der Waals surface area contributed by atoms with Gasteiger partial charge in [0, 0.05) is 18.6 Å². The smallest absolute Gasteiger partial charge is 0.269 e. The van der Waals surface area contributed by atoms with Crippen molar-refractivity contribution in [2.75, 3.05) is 5.43 Å². The number of hydrogen-bond donors (Lipinski definition) is 2. The van der Waals surface area contributed by atoms with Crippen LogP contribution in [-0.4, -0.2) is 19.8 Å². The minimum Gasteiger partial charge on any atom is -0.318 e. The lowest BCUT2D eigenvalue weighted by Crippen LogP contribution is -2.17. The summed E-state index contributed by atoms with van der Waals surface area (Å²) in [5.74, 6) is 0.847. The van der Waals surface area contributed by atoms with Gasteiger partial charge in [0.2, 0.25) is 4.77 Å². The first-order valence-corrected chi connectivity index (χ1v) is 6.66. The number of H-pyrrole nitrogens is 1. The Kier molecular flexibility index (Phi) is 4.46. The van der Waals surface area contributed by atoms with Gasteiger partial charge in [-0.1, -0.05) is 19.1 Å². The lowest BCUT2D eigenvalue weighted by atomic mass is 10.2. The summed E-state index contributed by atoms with van der Waals surface area (Å²) >= 11 is 5.15. The lowest BCUT2D eigenvalue weighted by molar-refractivity contribution is -0.384. The topological polar surface area (TPSA) is 88.8 Å². The van der Waals surface area contributed by atoms with E-state index in [1.807, 2.05) is 0 Å². The quantitative estimate of drug-likeness (QED) is 0.485. The van der Waals surface area contributed by atoms with Gasteiger partial charge in [-0.15, -0.1) is 0 Å². The molecule has 0 aliphatic rings. The summed E-state index contributed by atoms with van der Waals surface area (Å²) in [7, 11) is 0. The van der Waals surface area contributed by atoms with Gasteiger partial charge < -0.3 is 5.43 Å². The van der Waals surface area contributed by atoms with Crippen molar-refractivity contribution < 1.29 is 4.92 Å². The molecule has 8 heteroatoms. The molecule has 0 bridgehead atoms. The predicted molar refractivity (Wildman–Crippen MR) is 77.6 cm³/mol. The molecule has 2 aromatic rings. The van der Waals surface area contributed by atoms with Crippen molar-refractivity contribution in [1.29, 1.82) is 0 Å². The molecule has 0 aliphatic heterocycles. The van der Waals surface area contributed by atoms with Crippen LogP contribution in [0.2, 0.25) is 0 Å². The van der Waals surface area contributed by atoms with Gasteiger partial charge in [-0.2, -0.15) is 5.10 Å². The summed E-state index contributed by atoms with van der Waals surface area (Å²) < 4.78 is 2.25. The molecule has 0 unspecified atom stereocenters. The average molecular weight is 293 g/mol. The second-order valence-corrected chi connectivity index (χ2v) is 4.68. The molecule has 0 spiro atoms. The molecular formula is C12H15N5O2S. The van der Waals surface area contributed by atoms with E-state index in [1.54, 1.807) is 16.8 Å². The van der Waals surface area contributed by atoms with E-state index in [9.17, 15) is 10.1 Å². The third-order valence-corrected chi connectivity index (χ3v) is 3.08. The molecule has 0 fully saturated rings. The average Bonchev–Trinajstić information content (AvgIpc) is 2.78. The minimum atomic E-state index is -0.414. The van der Waals surface area contributed by atoms with E-state index in [2.05, 4.69) is 22.5 Å². The number of non-ortho nitro benzene ring substituents is 1. The van der Waals surface area contributed by atoms with Crippen LogP contribution < -0.4 is 5.43 Å². The fourth-order valence-electron chi connectivity index (χ4n) is 1.79. The van der Waals surface area contributed by atoms with Gasteiger partial charge in [-0.05, 0) is 24.2 Å². The van der Waals surface area contributed by atoms with Crippen LogP contribution in [0.3, 0.4) is 0 Å². The minimum absolute atomic E-state index is 0.0837. The first-order chi connectivity index (χ1) is 9.61. The Hall–Kier alpha value is -2.22. The van der Waals surface area contributed by atoms with E-state index in [-0.39, 0.29) is 5.69 Å². The molecule has 0 radical (unpaired) electrons. The third kappa shape index (κ3) is 3.21. The maximum absolute atomic E-state index is 10.6. The second-order valence-electron chi connectivity index (χ2n) is 4.29. The summed E-state index contributed by atoms with van der Waals surface area (Å²) in [6, 6.07) is 6.40. The Morgan fingerprint density at radius 2 is 2.15 bits per heavy atom.